The molecule has 0 saturated heterocycles. The SMILES string of the molecule is CC1=CCC[C@@]2(C1)CC(C)=Cc1ccccc1N2. The van der Waals surface area contributed by atoms with E-state index in [9.17, 15) is 0 Å². The summed E-state index contributed by atoms with van der Waals surface area (Å²) in [5, 5.41) is 3.84. The standard InChI is InChI=1S/C17H21N/c1-13-6-5-9-17(11-13)12-14(2)10-15-7-3-4-8-16(15)18-17/h3-4,6-8,10,18H,5,9,11-12H2,1-2H3/t17-/m1/s1. The quantitative estimate of drug-likeness (QED) is 0.643. The topological polar surface area (TPSA) is 12.0 Å². The Balaban J connectivity index is 2.02. The van der Waals surface area contributed by atoms with Gasteiger partial charge in [-0.05, 0) is 51.2 Å². The van der Waals surface area contributed by atoms with Crippen LogP contribution in [0.15, 0.2) is 41.5 Å². The van der Waals surface area contributed by atoms with Crippen LogP contribution in [0.2, 0.25) is 0 Å². The van der Waals surface area contributed by atoms with Crippen LogP contribution in [0.5, 0.6) is 0 Å². The van der Waals surface area contributed by atoms with E-state index in [-0.39, 0.29) is 5.54 Å². The van der Waals surface area contributed by atoms with E-state index in [0.29, 0.717) is 0 Å². The molecule has 2 aliphatic rings. The second kappa shape index (κ2) is 4.31. The molecule has 1 spiro atoms. The maximum absolute atomic E-state index is 3.84. The van der Waals surface area contributed by atoms with Crippen molar-refractivity contribution < 1.29 is 0 Å². The van der Waals surface area contributed by atoms with Crippen molar-refractivity contribution in [3.05, 3.63) is 47.1 Å². The number of fused-ring (bicyclic) bond motifs is 1. The molecule has 1 heteroatoms. The molecule has 0 fully saturated rings. The van der Waals surface area contributed by atoms with Gasteiger partial charge in [-0.2, -0.15) is 0 Å². The Hall–Kier alpha value is -1.50. The molecule has 0 amide bonds. The minimum absolute atomic E-state index is 0.242. The second-order valence-corrected chi connectivity index (χ2v) is 5.93. The monoisotopic (exact) mass is 239 g/mol. The Morgan fingerprint density at radius 3 is 2.67 bits per heavy atom. The summed E-state index contributed by atoms with van der Waals surface area (Å²) in [6.07, 6.45) is 9.50. The van der Waals surface area contributed by atoms with Crippen molar-refractivity contribution in [2.24, 2.45) is 0 Å². The molecular formula is C17H21N. The van der Waals surface area contributed by atoms with Crippen LogP contribution in [-0.4, -0.2) is 5.54 Å². The number of rotatable bonds is 0. The lowest BCUT2D eigenvalue weighted by atomic mass is 9.78. The predicted octanol–water partition coefficient (Wildman–Crippen LogP) is 4.77. The zero-order valence-corrected chi connectivity index (χ0v) is 11.3. The number of anilines is 1. The van der Waals surface area contributed by atoms with E-state index >= 15 is 0 Å². The molecule has 1 aromatic carbocycles. The fraction of sp³-hybridized carbons (Fsp3) is 0.412. The summed E-state index contributed by atoms with van der Waals surface area (Å²) in [7, 11) is 0. The Morgan fingerprint density at radius 2 is 1.83 bits per heavy atom. The van der Waals surface area contributed by atoms with Crippen LogP contribution >= 0.6 is 0 Å². The lowest BCUT2D eigenvalue weighted by Gasteiger charge is -2.38. The van der Waals surface area contributed by atoms with Gasteiger partial charge in [0.2, 0.25) is 0 Å². The molecule has 1 atom stereocenters. The van der Waals surface area contributed by atoms with Crippen molar-refractivity contribution in [1.29, 1.82) is 0 Å². The highest BCUT2D eigenvalue weighted by Gasteiger charge is 2.33. The lowest BCUT2D eigenvalue weighted by Crippen LogP contribution is -2.39. The van der Waals surface area contributed by atoms with Gasteiger partial charge in [-0.3, -0.25) is 0 Å². The third-order valence-corrected chi connectivity index (χ3v) is 4.11. The Kier molecular flexibility index (Phi) is 2.77. The van der Waals surface area contributed by atoms with E-state index in [0.717, 1.165) is 6.42 Å². The first kappa shape index (κ1) is 11.6. The molecule has 0 aromatic heterocycles. The molecule has 0 unspecified atom stereocenters. The molecule has 1 aliphatic carbocycles. The van der Waals surface area contributed by atoms with Crippen LogP contribution in [-0.2, 0) is 0 Å². The molecular weight excluding hydrogens is 218 g/mol. The van der Waals surface area contributed by atoms with Crippen LogP contribution < -0.4 is 5.32 Å². The molecule has 18 heavy (non-hydrogen) atoms. The number of benzene rings is 1. The molecule has 3 rings (SSSR count). The van der Waals surface area contributed by atoms with Crippen LogP contribution in [0.1, 0.15) is 45.1 Å². The summed E-state index contributed by atoms with van der Waals surface area (Å²) in [6.45, 7) is 4.53. The number of hydrogen-bond donors (Lipinski definition) is 1. The highest BCUT2D eigenvalue weighted by atomic mass is 15.0. The summed E-state index contributed by atoms with van der Waals surface area (Å²) >= 11 is 0. The van der Waals surface area contributed by atoms with Gasteiger partial charge < -0.3 is 5.32 Å². The van der Waals surface area contributed by atoms with Gasteiger partial charge >= 0.3 is 0 Å². The van der Waals surface area contributed by atoms with Crippen LogP contribution in [0.25, 0.3) is 6.08 Å². The van der Waals surface area contributed by atoms with E-state index in [1.165, 1.54) is 41.7 Å². The number of allylic oxidation sites excluding steroid dienone is 1. The van der Waals surface area contributed by atoms with Crippen LogP contribution in [0.4, 0.5) is 5.69 Å². The van der Waals surface area contributed by atoms with Crippen molar-refractivity contribution in [3.8, 4) is 0 Å². The van der Waals surface area contributed by atoms with Crippen molar-refractivity contribution in [2.45, 2.75) is 45.1 Å². The minimum atomic E-state index is 0.242. The van der Waals surface area contributed by atoms with E-state index in [1.54, 1.807) is 0 Å². The molecule has 1 N–H and O–H groups in total. The average Bonchev–Trinajstić information content (AvgIpc) is 2.43. The van der Waals surface area contributed by atoms with Crippen LogP contribution in [0.3, 0.4) is 0 Å². The summed E-state index contributed by atoms with van der Waals surface area (Å²) in [4.78, 5) is 0. The van der Waals surface area contributed by atoms with Crippen molar-refractivity contribution in [2.75, 3.05) is 5.32 Å². The van der Waals surface area contributed by atoms with Gasteiger partial charge in [0.15, 0.2) is 0 Å². The van der Waals surface area contributed by atoms with Gasteiger partial charge in [0.1, 0.15) is 0 Å². The van der Waals surface area contributed by atoms with E-state index in [4.69, 9.17) is 0 Å². The number of hydrogen-bond acceptors (Lipinski definition) is 1. The first-order chi connectivity index (χ1) is 8.67. The van der Waals surface area contributed by atoms with Gasteiger partial charge in [0.25, 0.3) is 0 Å². The molecule has 1 heterocycles. The summed E-state index contributed by atoms with van der Waals surface area (Å²) < 4.78 is 0. The number of para-hydroxylation sites is 1. The Morgan fingerprint density at radius 1 is 1.06 bits per heavy atom. The zero-order valence-electron chi connectivity index (χ0n) is 11.3. The zero-order chi connectivity index (χ0) is 12.6. The maximum atomic E-state index is 3.84. The fourth-order valence-corrected chi connectivity index (χ4v) is 3.46. The van der Waals surface area contributed by atoms with Gasteiger partial charge in [0.05, 0.1) is 0 Å². The van der Waals surface area contributed by atoms with E-state index in [2.05, 4.69) is 55.6 Å². The Labute approximate surface area is 110 Å². The number of nitrogens with one attached hydrogen (secondary N) is 1. The summed E-state index contributed by atoms with van der Waals surface area (Å²) in [5.74, 6) is 0. The van der Waals surface area contributed by atoms with Crippen molar-refractivity contribution in [1.82, 2.24) is 0 Å². The molecule has 1 aromatic rings. The van der Waals surface area contributed by atoms with Gasteiger partial charge in [0, 0.05) is 11.2 Å². The van der Waals surface area contributed by atoms with Gasteiger partial charge in [-0.25, -0.2) is 0 Å². The third-order valence-electron chi connectivity index (χ3n) is 4.11. The minimum Gasteiger partial charge on any atom is -0.378 e. The molecule has 0 radical (unpaired) electrons. The normalized spacial score (nSPS) is 26.8. The summed E-state index contributed by atoms with van der Waals surface area (Å²) in [6, 6.07) is 8.66. The first-order valence-corrected chi connectivity index (χ1v) is 6.87. The summed E-state index contributed by atoms with van der Waals surface area (Å²) in [5.41, 5.74) is 5.89. The van der Waals surface area contributed by atoms with Crippen molar-refractivity contribution >= 4 is 11.8 Å². The van der Waals surface area contributed by atoms with Gasteiger partial charge in [-0.15, -0.1) is 0 Å². The first-order valence-electron chi connectivity index (χ1n) is 6.87. The molecule has 94 valence electrons. The molecule has 1 aliphatic heterocycles. The molecule has 0 saturated carbocycles. The smallest absolute Gasteiger partial charge is 0.0450 e. The highest BCUT2D eigenvalue weighted by molar-refractivity contribution is 5.70. The second-order valence-electron chi connectivity index (χ2n) is 5.93. The average molecular weight is 239 g/mol. The molecule has 1 nitrogen and oxygen atoms in total. The fourth-order valence-electron chi connectivity index (χ4n) is 3.46. The predicted molar refractivity (Wildman–Crippen MR) is 78.7 cm³/mol. The third kappa shape index (κ3) is 2.10. The van der Waals surface area contributed by atoms with Crippen LogP contribution in [0, 0.1) is 0 Å². The maximum Gasteiger partial charge on any atom is 0.0450 e. The van der Waals surface area contributed by atoms with E-state index in [1.807, 2.05) is 0 Å². The van der Waals surface area contributed by atoms with E-state index < -0.39 is 0 Å². The molecule has 0 bridgehead atoms. The lowest BCUT2D eigenvalue weighted by molar-refractivity contribution is 0.411. The largest absolute Gasteiger partial charge is 0.378 e. The van der Waals surface area contributed by atoms with Gasteiger partial charge in [-0.1, -0.05) is 41.5 Å². The van der Waals surface area contributed by atoms with Crippen molar-refractivity contribution in [3.63, 3.8) is 0 Å². The Bertz CT molecular complexity index is 524. The highest BCUT2D eigenvalue weighted by Crippen LogP contribution is 2.40.